The molecule has 1 atom stereocenters. The van der Waals surface area contributed by atoms with Crippen LogP contribution in [0.2, 0.25) is 0 Å². The Morgan fingerprint density at radius 1 is 1.24 bits per heavy atom. The van der Waals surface area contributed by atoms with E-state index in [4.69, 9.17) is 0 Å². The van der Waals surface area contributed by atoms with Gasteiger partial charge in [0.2, 0.25) is 0 Å². The number of benzene rings is 1. The monoisotopic (exact) mass is 406 g/mol. The third kappa shape index (κ3) is 4.66. The lowest BCUT2D eigenvalue weighted by Crippen LogP contribution is -2.47. The molecule has 1 aromatic carbocycles. The quantitative estimate of drug-likeness (QED) is 0.804. The molecule has 0 radical (unpaired) electrons. The zero-order chi connectivity index (χ0) is 14.0. The van der Waals surface area contributed by atoms with Crippen molar-refractivity contribution in [3.63, 3.8) is 0 Å². The molecule has 0 bridgehead atoms. The molecule has 1 fully saturated rings. The summed E-state index contributed by atoms with van der Waals surface area (Å²) in [5.74, 6) is -0.0433. The van der Waals surface area contributed by atoms with Crippen LogP contribution >= 0.6 is 40.7 Å². The normalized spacial score (nSPS) is 17.0. The number of hydrogen-bond donors (Lipinski definition) is 2. The van der Waals surface area contributed by atoms with Crippen LogP contribution in [-0.4, -0.2) is 42.6 Å². The van der Waals surface area contributed by atoms with E-state index in [0.29, 0.717) is 36.2 Å². The maximum Gasteiger partial charge on any atom is 0.258 e. The van der Waals surface area contributed by atoms with Gasteiger partial charge in [-0.2, -0.15) is 0 Å². The molecule has 0 saturated carbocycles. The van der Waals surface area contributed by atoms with E-state index in [1.54, 1.807) is 24.0 Å². The van der Waals surface area contributed by atoms with Crippen molar-refractivity contribution in [1.82, 2.24) is 10.2 Å². The molecular formula is C13H19BrCl2F2N2O. The molecule has 1 aromatic rings. The maximum absolute atomic E-state index is 13.5. The minimum atomic E-state index is -2.54. The molecule has 21 heavy (non-hydrogen) atoms. The van der Waals surface area contributed by atoms with Gasteiger partial charge in [-0.25, -0.2) is 8.78 Å². The Morgan fingerprint density at radius 3 is 2.33 bits per heavy atom. The Labute approximate surface area is 144 Å². The second kappa shape index (κ2) is 9.10. The first-order valence-corrected chi connectivity index (χ1v) is 7.02. The molecule has 2 N–H and O–H groups in total. The SMILES string of the molecule is Cc1ccc(Br)c([C@H](C(F)F)N2CCNCC2)c1O.Cl.Cl. The van der Waals surface area contributed by atoms with Crippen LogP contribution in [0.1, 0.15) is 17.2 Å². The zero-order valence-corrected chi connectivity index (χ0v) is 14.7. The molecule has 0 unspecified atom stereocenters. The molecule has 2 rings (SSSR count). The van der Waals surface area contributed by atoms with Crippen molar-refractivity contribution < 1.29 is 13.9 Å². The second-order valence-corrected chi connectivity index (χ2v) is 5.55. The topological polar surface area (TPSA) is 35.5 Å². The van der Waals surface area contributed by atoms with Crippen LogP contribution < -0.4 is 5.32 Å². The third-order valence-corrected chi connectivity index (χ3v) is 4.14. The van der Waals surface area contributed by atoms with Gasteiger partial charge in [-0.1, -0.05) is 22.0 Å². The summed E-state index contributed by atoms with van der Waals surface area (Å²) >= 11 is 3.28. The van der Waals surface area contributed by atoms with Gasteiger partial charge < -0.3 is 10.4 Å². The van der Waals surface area contributed by atoms with Crippen molar-refractivity contribution in [2.45, 2.75) is 19.4 Å². The Morgan fingerprint density at radius 2 is 1.81 bits per heavy atom. The summed E-state index contributed by atoms with van der Waals surface area (Å²) in [5, 5.41) is 13.3. The van der Waals surface area contributed by atoms with Crippen molar-refractivity contribution in [3.05, 3.63) is 27.7 Å². The van der Waals surface area contributed by atoms with Crippen LogP contribution in [0.3, 0.4) is 0 Å². The number of alkyl halides is 2. The molecule has 0 spiro atoms. The van der Waals surface area contributed by atoms with Crippen molar-refractivity contribution in [1.29, 1.82) is 0 Å². The molecule has 1 saturated heterocycles. The molecular weight excluding hydrogens is 389 g/mol. The number of phenols is 1. The number of rotatable bonds is 3. The first-order chi connectivity index (χ1) is 9.02. The van der Waals surface area contributed by atoms with Crippen molar-refractivity contribution >= 4 is 40.7 Å². The van der Waals surface area contributed by atoms with Gasteiger partial charge in [0.15, 0.2) is 0 Å². The summed E-state index contributed by atoms with van der Waals surface area (Å²) < 4.78 is 27.5. The smallest absolute Gasteiger partial charge is 0.258 e. The lowest BCUT2D eigenvalue weighted by molar-refractivity contribution is 0.0166. The number of halogens is 5. The van der Waals surface area contributed by atoms with E-state index in [2.05, 4.69) is 21.2 Å². The minimum absolute atomic E-state index is 0. The van der Waals surface area contributed by atoms with E-state index in [0.717, 1.165) is 0 Å². The van der Waals surface area contributed by atoms with Crippen LogP contribution in [0.15, 0.2) is 16.6 Å². The summed E-state index contributed by atoms with van der Waals surface area (Å²) in [6, 6.07) is 2.35. The summed E-state index contributed by atoms with van der Waals surface area (Å²) in [7, 11) is 0. The van der Waals surface area contributed by atoms with E-state index in [9.17, 15) is 13.9 Å². The van der Waals surface area contributed by atoms with Crippen LogP contribution in [0.5, 0.6) is 5.75 Å². The Bertz CT molecular complexity index is 460. The summed E-state index contributed by atoms with van der Waals surface area (Å²) in [4.78, 5) is 1.72. The molecule has 0 aliphatic carbocycles. The highest BCUT2D eigenvalue weighted by Crippen LogP contribution is 2.40. The van der Waals surface area contributed by atoms with E-state index in [1.807, 2.05) is 0 Å². The van der Waals surface area contributed by atoms with E-state index in [-0.39, 0.29) is 36.1 Å². The van der Waals surface area contributed by atoms with E-state index in [1.165, 1.54) is 0 Å². The molecule has 0 aromatic heterocycles. The maximum atomic E-state index is 13.5. The lowest BCUT2D eigenvalue weighted by atomic mass is 10.0. The van der Waals surface area contributed by atoms with Gasteiger partial charge in [0, 0.05) is 36.2 Å². The van der Waals surface area contributed by atoms with Crippen LogP contribution in [-0.2, 0) is 0 Å². The highest BCUT2D eigenvalue weighted by Gasteiger charge is 2.33. The molecule has 3 nitrogen and oxygen atoms in total. The summed E-state index contributed by atoms with van der Waals surface area (Å²) in [5.41, 5.74) is 0.899. The molecule has 122 valence electrons. The van der Waals surface area contributed by atoms with E-state index < -0.39 is 12.5 Å². The number of phenolic OH excluding ortho intramolecular Hbond substituents is 1. The lowest BCUT2D eigenvalue weighted by Gasteiger charge is -2.35. The van der Waals surface area contributed by atoms with Crippen molar-refractivity contribution in [3.8, 4) is 5.75 Å². The Balaban J connectivity index is 0.00000200. The molecule has 1 aliphatic heterocycles. The zero-order valence-electron chi connectivity index (χ0n) is 11.5. The minimum Gasteiger partial charge on any atom is -0.507 e. The van der Waals surface area contributed by atoms with Gasteiger partial charge in [0.25, 0.3) is 6.43 Å². The van der Waals surface area contributed by atoms with Crippen LogP contribution in [0.4, 0.5) is 8.78 Å². The number of nitrogens with zero attached hydrogens (tertiary/aromatic N) is 1. The first-order valence-electron chi connectivity index (χ1n) is 6.23. The predicted molar refractivity (Wildman–Crippen MR) is 88.2 cm³/mol. The number of nitrogens with one attached hydrogen (secondary N) is 1. The number of piperazine rings is 1. The van der Waals surface area contributed by atoms with Crippen LogP contribution in [0, 0.1) is 6.92 Å². The average molecular weight is 408 g/mol. The number of aromatic hydroxyl groups is 1. The van der Waals surface area contributed by atoms with Crippen molar-refractivity contribution in [2.75, 3.05) is 26.2 Å². The van der Waals surface area contributed by atoms with Gasteiger partial charge >= 0.3 is 0 Å². The molecule has 0 amide bonds. The number of aryl methyl sites for hydroxylation is 1. The third-order valence-electron chi connectivity index (χ3n) is 3.45. The molecule has 1 aliphatic rings. The Hall–Kier alpha value is -0.140. The predicted octanol–water partition coefficient (Wildman–Crippen LogP) is 3.52. The fraction of sp³-hybridized carbons (Fsp3) is 0.538. The number of hydrogen-bond acceptors (Lipinski definition) is 3. The Kier molecular flexibility index (Phi) is 9.04. The van der Waals surface area contributed by atoms with Gasteiger partial charge in [0.05, 0.1) is 0 Å². The average Bonchev–Trinajstić information content (AvgIpc) is 2.39. The van der Waals surface area contributed by atoms with Gasteiger partial charge in [0.1, 0.15) is 11.8 Å². The van der Waals surface area contributed by atoms with Gasteiger partial charge in [-0.05, 0) is 18.6 Å². The second-order valence-electron chi connectivity index (χ2n) is 4.69. The first kappa shape index (κ1) is 20.9. The van der Waals surface area contributed by atoms with Gasteiger partial charge in [-0.15, -0.1) is 24.8 Å². The fourth-order valence-corrected chi connectivity index (χ4v) is 2.96. The molecule has 8 heteroatoms. The highest BCUT2D eigenvalue weighted by atomic mass is 79.9. The summed E-state index contributed by atoms with van der Waals surface area (Å²) in [6.07, 6.45) is -2.54. The largest absolute Gasteiger partial charge is 0.507 e. The standard InChI is InChI=1S/C13H17BrF2N2O.2ClH/c1-8-2-3-9(14)10(12(8)19)11(13(15)16)18-6-4-17-5-7-18;;/h2-3,11,13,17,19H,4-7H2,1H3;2*1H/t11-;;/m1../s1. The summed E-state index contributed by atoms with van der Waals surface area (Å²) in [6.45, 7) is 4.19. The fourth-order valence-electron chi connectivity index (χ4n) is 2.40. The van der Waals surface area contributed by atoms with E-state index >= 15 is 0 Å². The van der Waals surface area contributed by atoms with Crippen molar-refractivity contribution in [2.24, 2.45) is 0 Å². The van der Waals surface area contributed by atoms with Gasteiger partial charge in [-0.3, -0.25) is 4.90 Å². The highest BCUT2D eigenvalue weighted by molar-refractivity contribution is 9.10. The van der Waals surface area contributed by atoms with Crippen LogP contribution in [0.25, 0.3) is 0 Å². The molecule has 1 heterocycles.